The molecule has 282 valence electrons. The summed E-state index contributed by atoms with van der Waals surface area (Å²) in [6, 6.07) is 88.1. The smallest absolute Gasteiger partial charge is 0.0620 e. The Bertz CT molecular complexity index is 3010. The number of rotatable bonds is 8. The minimum Gasteiger partial charge on any atom is -0.309 e. The first-order valence-electron chi connectivity index (χ1n) is 20.6. The fraction of sp³-hybridized carbons (Fsp3) is 0. The van der Waals surface area contributed by atoms with Gasteiger partial charge in [0.05, 0.1) is 22.7 Å². The van der Waals surface area contributed by atoms with Crippen LogP contribution in [0.1, 0.15) is 0 Å². The van der Waals surface area contributed by atoms with Crippen LogP contribution in [0.5, 0.6) is 0 Å². The molecule has 11 aromatic rings. The molecule has 0 heterocycles. The van der Waals surface area contributed by atoms with Crippen molar-refractivity contribution in [3.63, 3.8) is 0 Å². The highest BCUT2D eigenvalue weighted by Crippen LogP contribution is 2.52. The van der Waals surface area contributed by atoms with Gasteiger partial charge in [0.25, 0.3) is 0 Å². The van der Waals surface area contributed by atoms with E-state index in [2.05, 4.69) is 252 Å². The molecule has 0 saturated heterocycles. The zero-order chi connectivity index (χ0) is 39.8. The molecule has 0 spiro atoms. The van der Waals surface area contributed by atoms with Crippen LogP contribution in [-0.2, 0) is 0 Å². The molecule has 0 atom stereocenters. The third-order valence-electron chi connectivity index (χ3n) is 11.8. The Morgan fingerprint density at radius 3 is 0.850 bits per heavy atom. The molecular weight excluding hydrogens is 725 g/mol. The van der Waals surface area contributed by atoms with Gasteiger partial charge in [0.15, 0.2) is 0 Å². The third kappa shape index (κ3) is 6.14. The van der Waals surface area contributed by atoms with Crippen LogP contribution in [0.25, 0.3) is 65.3 Å². The normalized spacial score (nSPS) is 11.3. The highest BCUT2D eigenvalue weighted by Gasteiger charge is 2.27. The molecule has 11 rings (SSSR count). The SMILES string of the molecule is c1ccc(-c2ccc(N(c3cccc4ccccc34)c3c4ccccc4c(N(c4ccc(-c5ccccc5)cc4)c4cccc5ccccc45)c4ccccc34)cc2)cc1. The Hall–Kier alpha value is -7.94. The molecule has 0 amide bonds. The van der Waals surface area contributed by atoms with Gasteiger partial charge in [-0.15, -0.1) is 0 Å². The van der Waals surface area contributed by atoms with Crippen molar-refractivity contribution in [2.45, 2.75) is 0 Å². The van der Waals surface area contributed by atoms with Gasteiger partial charge in [0, 0.05) is 43.7 Å². The zero-order valence-electron chi connectivity index (χ0n) is 33.0. The van der Waals surface area contributed by atoms with Crippen molar-refractivity contribution in [1.29, 1.82) is 0 Å². The van der Waals surface area contributed by atoms with Crippen molar-refractivity contribution >= 4 is 77.2 Å². The lowest BCUT2D eigenvalue weighted by molar-refractivity contribution is 1.31. The quantitative estimate of drug-likeness (QED) is 0.112. The fourth-order valence-electron chi connectivity index (χ4n) is 9.02. The molecule has 0 aliphatic rings. The number of anilines is 6. The summed E-state index contributed by atoms with van der Waals surface area (Å²) in [4.78, 5) is 4.98. The van der Waals surface area contributed by atoms with Crippen LogP contribution in [-0.4, -0.2) is 0 Å². The molecular formula is C58H40N2. The van der Waals surface area contributed by atoms with Crippen LogP contribution in [0.15, 0.2) is 243 Å². The van der Waals surface area contributed by atoms with E-state index in [0.717, 1.165) is 55.7 Å². The molecule has 0 N–H and O–H groups in total. The Morgan fingerprint density at radius 2 is 0.483 bits per heavy atom. The number of hydrogen-bond donors (Lipinski definition) is 0. The molecule has 0 aromatic heterocycles. The fourth-order valence-corrected chi connectivity index (χ4v) is 9.02. The molecule has 0 saturated carbocycles. The van der Waals surface area contributed by atoms with E-state index in [1.807, 2.05) is 0 Å². The maximum atomic E-state index is 2.49. The number of fused-ring (bicyclic) bond motifs is 4. The molecule has 0 radical (unpaired) electrons. The Balaban J connectivity index is 1.21. The molecule has 60 heavy (non-hydrogen) atoms. The lowest BCUT2D eigenvalue weighted by Crippen LogP contribution is -2.15. The van der Waals surface area contributed by atoms with Gasteiger partial charge in [-0.05, 0) is 69.4 Å². The van der Waals surface area contributed by atoms with E-state index < -0.39 is 0 Å². The van der Waals surface area contributed by atoms with E-state index >= 15 is 0 Å². The van der Waals surface area contributed by atoms with Gasteiger partial charge < -0.3 is 9.80 Å². The van der Waals surface area contributed by atoms with Crippen LogP contribution in [0.4, 0.5) is 34.1 Å². The highest BCUT2D eigenvalue weighted by molar-refractivity contribution is 6.24. The van der Waals surface area contributed by atoms with Crippen LogP contribution in [0.2, 0.25) is 0 Å². The molecule has 11 aromatic carbocycles. The molecule has 0 unspecified atom stereocenters. The van der Waals surface area contributed by atoms with E-state index in [9.17, 15) is 0 Å². The van der Waals surface area contributed by atoms with Gasteiger partial charge in [-0.25, -0.2) is 0 Å². The number of nitrogens with zero attached hydrogens (tertiary/aromatic N) is 2. The number of benzene rings is 11. The maximum absolute atomic E-state index is 2.49. The summed E-state index contributed by atoms with van der Waals surface area (Å²) >= 11 is 0. The maximum Gasteiger partial charge on any atom is 0.0620 e. The molecule has 0 bridgehead atoms. The van der Waals surface area contributed by atoms with Gasteiger partial charge in [-0.2, -0.15) is 0 Å². The molecule has 2 nitrogen and oxygen atoms in total. The van der Waals surface area contributed by atoms with Crippen molar-refractivity contribution in [1.82, 2.24) is 0 Å². The number of hydrogen-bond acceptors (Lipinski definition) is 2. The molecule has 0 aliphatic heterocycles. The lowest BCUT2D eigenvalue weighted by Gasteiger charge is -2.33. The predicted octanol–water partition coefficient (Wildman–Crippen LogP) is 16.6. The van der Waals surface area contributed by atoms with Gasteiger partial charge in [0.1, 0.15) is 0 Å². The summed E-state index contributed by atoms with van der Waals surface area (Å²) in [5, 5.41) is 9.45. The topological polar surface area (TPSA) is 6.48 Å². The first-order chi connectivity index (χ1) is 29.8. The predicted molar refractivity (Wildman–Crippen MR) is 257 cm³/mol. The monoisotopic (exact) mass is 764 g/mol. The highest BCUT2D eigenvalue weighted by atomic mass is 15.2. The second-order valence-electron chi connectivity index (χ2n) is 15.3. The van der Waals surface area contributed by atoms with Gasteiger partial charge in [0.2, 0.25) is 0 Å². The van der Waals surface area contributed by atoms with Crippen molar-refractivity contribution < 1.29 is 0 Å². The molecule has 0 aliphatic carbocycles. The first kappa shape index (κ1) is 35.2. The van der Waals surface area contributed by atoms with Crippen LogP contribution < -0.4 is 9.80 Å². The largest absolute Gasteiger partial charge is 0.309 e. The van der Waals surface area contributed by atoms with E-state index in [1.54, 1.807) is 0 Å². The van der Waals surface area contributed by atoms with E-state index in [-0.39, 0.29) is 0 Å². The van der Waals surface area contributed by atoms with Gasteiger partial charge >= 0.3 is 0 Å². The van der Waals surface area contributed by atoms with Crippen LogP contribution in [0.3, 0.4) is 0 Å². The molecule has 2 heteroatoms. The van der Waals surface area contributed by atoms with Crippen molar-refractivity contribution in [3.05, 3.63) is 243 Å². The summed E-state index contributed by atoms with van der Waals surface area (Å²) in [6.07, 6.45) is 0. The van der Waals surface area contributed by atoms with E-state index in [4.69, 9.17) is 0 Å². The van der Waals surface area contributed by atoms with Crippen molar-refractivity contribution in [2.75, 3.05) is 9.80 Å². The van der Waals surface area contributed by atoms with E-state index in [0.29, 0.717) is 0 Å². The second kappa shape index (κ2) is 15.1. The van der Waals surface area contributed by atoms with Crippen molar-refractivity contribution in [3.8, 4) is 22.3 Å². The second-order valence-corrected chi connectivity index (χ2v) is 15.3. The van der Waals surface area contributed by atoms with Crippen LogP contribution in [0, 0.1) is 0 Å². The minimum atomic E-state index is 1.09. The lowest BCUT2D eigenvalue weighted by atomic mass is 9.94. The first-order valence-corrected chi connectivity index (χ1v) is 20.6. The summed E-state index contributed by atoms with van der Waals surface area (Å²) in [6.45, 7) is 0. The Labute approximate surface area is 350 Å². The Kier molecular flexibility index (Phi) is 8.87. The standard InChI is InChI=1S/C58H40N2/c1-3-17-41(18-4-1)43-33-37-47(38-34-43)59(55-31-15-23-45-21-7-9-25-49(45)55)57-51-27-11-13-29-53(51)58(54-30-14-12-28-52(54)57)60(56-32-16-24-46-22-8-10-26-50(46)56)48-39-35-44(36-40-48)42-19-5-2-6-20-42/h1-40H. The summed E-state index contributed by atoms with van der Waals surface area (Å²) in [7, 11) is 0. The minimum absolute atomic E-state index is 1.09. The summed E-state index contributed by atoms with van der Waals surface area (Å²) in [5.41, 5.74) is 11.5. The van der Waals surface area contributed by atoms with Crippen molar-refractivity contribution in [2.24, 2.45) is 0 Å². The van der Waals surface area contributed by atoms with E-state index in [1.165, 1.54) is 43.8 Å². The third-order valence-corrected chi connectivity index (χ3v) is 11.8. The Morgan fingerprint density at radius 1 is 0.200 bits per heavy atom. The average molecular weight is 765 g/mol. The van der Waals surface area contributed by atoms with Gasteiger partial charge in [-0.3, -0.25) is 0 Å². The van der Waals surface area contributed by atoms with Gasteiger partial charge in [-0.1, -0.05) is 206 Å². The van der Waals surface area contributed by atoms with Crippen LogP contribution >= 0.6 is 0 Å². The summed E-state index contributed by atoms with van der Waals surface area (Å²) in [5.74, 6) is 0. The molecule has 0 fully saturated rings. The zero-order valence-corrected chi connectivity index (χ0v) is 33.0. The average Bonchev–Trinajstić information content (AvgIpc) is 3.33. The summed E-state index contributed by atoms with van der Waals surface area (Å²) < 4.78 is 0.